The molecular weight excluding hydrogens is 200 g/mol. The first-order valence-corrected chi connectivity index (χ1v) is 3.73. The van der Waals surface area contributed by atoms with Gasteiger partial charge >= 0.3 is 17.9 Å². The van der Waals surface area contributed by atoms with E-state index in [0.717, 1.165) is 7.11 Å². The fourth-order valence-corrected chi connectivity index (χ4v) is 0.617. The normalized spacial score (nSPS) is 13.4. The van der Waals surface area contributed by atoms with Crippen molar-refractivity contribution in [1.82, 2.24) is 5.32 Å². The molecule has 1 atom stereocenters. The van der Waals surface area contributed by atoms with E-state index in [-0.39, 0.29) is 0 Å². The highest BCUT2D eigenvalue weighted by atomic mass is 19.3. The van der Waals surface area contributed by atoms with Crippen molar-refractivity contribution in [2.45, 2.75) is 18.9 Å². The number of hydrogen-bond donors (Lipinski definition) is 2. The average molecular weight is 211 g/mol. The van der Waals surface area contributed by atoms with Crippen molar-refractivity contribution in [2.75, 3.05) is 13.7 Å². The Morgan fingerprint density at radius 3 is 2.43 bits per heavy atom. The number of carbonyl (C=O) groups excluding carboxylic acids is 1. The van der Waals surface area contributed by atoms with Gasteiger partial charge in [0.05, 0.1) is 13.7 Å². The Bertz CT molecular complexity index is 232. The van der Waals surface area contributed by atoms with Crippen LogP contribution in [0.1, 0.15) is 6.92 Å². The number of carboxylic acid groups (broad SMARTS) is 1. The molecule has 0 rings (SSSR count). The predicted molar refractivity (Wildman–Crippen MR) is 42.1 cm³/mol. The van der Waals surface area contributed by atoms with Gasteiger partial charge in [0.1, 0.15) is 6.04 Å². The molecule has 0 fully saturated rings. The molecule has 0 aliphatic carbocycles. The highest BCUT2D eigenvalue weighted by Crippen LogP contribution is 2.11. The summed E-state index contributed by atoms with van der Waals surface area (Å²) in [4.78, 5) is 20.7. The van der Waals surface area contributed by atoms with Crippen LogP contribution in [-0.4, -0.2) is 42.7 Å². The maximum atomic E-state index is 12.5. The zero-order valence-corrected chi connectivity index (χ0v) is 7.71. The van der Waals surface area contributed by atoms with Gasteiger partial charge in [0, 0.05) is 0 Å². The number of aliphatic carboxylic acids is 1. The molecule has 5 nitrogen and oxygen atoms in total. The summed E-state index contributed by atoms with van der Waals surface area (Å²) in [6, 6.07) is -0.967. The van der Waals surface area contributed by atoms with Gasteiger partial charge < -0.3 is 9.84 Å². The maximum absolute atomic E-state index is 12.5. The fraction of sp³-hybridized carbons (Fsp3) is 0.714. The second kappa shape index (κ2) is 4.85. The standard InChI is InChI=1S/C7H11F2NO4/c1-4(5(11)14-2)10-3-7(8,9)6(12)13/h4,10H,3H2,1-2H3,(H,12,13). The molecule has 0 amide bonds. The van der Waals surface area contributed by atoms with Crippen LogP contribution in [0.25, 0.3) is 0 Å². The van der Waals surface area contributed by atoms with Gasteiger partial charge in [-0.15, -0.1) is 0 Å². The van der Waals surface area contributed by atoms with E-state index in [9.17, 15) is 18.4 Å². The van der Waals surface area contributed by atoms with Crippen molar-refractivity contribution in [3.05, 3.63) is 0 Å². The Balaban J connectivity index is 4.06. The molecule has 0 aromatic heterocycles. The smallest absolute Gasteiger partial charge is 0.375 e. The van der Waals surface area contributed by atoms with Crippen LogP contribution in [0.3, 0.4) is 0 Å². The van der Waals surface area contributed by atoms with E-state index < -0.39 is 30.4 Å². The molecule has 0 radical (unpaired) electrons. The second-order valence-electron chi connectivity index (χ2n) is 2.64. The number of methoxy groups -OCH3 is 1. The van der Waals surface area contributed by atoms with E-state index in [0.29, 0.717) is 0 Å². The molecule has 0 aliphatic rings. The summed E-state index contributed by atoms with van der Waals surface area (Å²) in [7, 11) is 1.11. The highest BCUT2D eigenvalue weighted by Gasteiger charge is 2.39. The first-order chi connectivity index (χ1) is 6.31. The van der Waals surface area contributed by atoms with Crippen LogP contribution in [0.15, 0.2) is 0 Å². The van der Waals surface area contributed by atoms with Gasteiger partial charge in [0.25, 0.3) is 0 Å². The molecular formula is C7H11F2NO4. The number of ether oxygens (including phenoxy) is 1. The first-order valence-electron chi connectivity index (χ1n) is 3.73. The van der Waals surface area contributed by atoms with Crippen LogP contribution in [0.5, 0.6) is 0 Å². The summed E-state index contributed by atoms with van der Waals surface area (Å²) < 4.78 is 29.2. The summed E-state index contributed by atoms with van der Waals surface area (Å²) >= 11 is 0. The number of hydrogen-bond acceptors (Lipinski definition) is 4. The first kappa shape index (κ1) is 12.8. The van der Waals surface area contributed by atoms with Gasteiger partial charge in [-0.1, -0.05) is 0 Å². The lowest BCUT2D eigenvalue weighted by Gasteiger charge is -2.15. The quantitative estimate of drug-likeness (QED) is 0.619. The molecule has 0 aromatic rings. The number of carbonyl (C=O) groups is 2. The van der Waals surface area contributed by atoms with Crippen molar-refractivity contribution in [2.24, 2.45) is 0 Å². The number of halogens is 2. The monoisotopic (exact) mass is 211 g/mol. The Labute approximate surface area is 79.0 Å². The van der Waals surface area contributed by atoms with Crippen LogP contribution in [-0.2, 0) is 14.3 Å². The lowest BCUT2D eigenvalue weighted by Crippen LogP contribution is -2.45. The summed E-state index contributed by atoms with van der Waals surface area (Å²) in [5.74, 6) is -6.85. The number of nitrogens with one attached hydrogen (secondary N) is 1. The summed E-state index contributed by atoms with van der Waals surface area (Å²) in [5, 5.41) is 10.1. The highest BCUT2D eigenvalue weighted by molar-refractivity contribution is 5.77. The van der Waals surface area contributed by atoms with Crippen LogP contribution in [0.2, 0.25) is 0 Å². The number of alkyl halides is 2. The minimum atomic E-state index is -3.89. The molecule has 82 valence electrons. The minimum Gasteiger partial charge on any atom is -0.477 e. The summed E-state index contributed by atoms with van der Waals surface area (Å²) in [6.45, 7) is 0.183. The predicted octanol–water partition coefficient (Wildman–Crippen LogP) is -0.143. The average Bonchev–Trinajstić information content (AvgIpc) is 2.12. The van der Waals surface area contributed by atoms with Gasteiger partial charge in [0.2, 0.25) is 0 Å². The van der Waals surface area contributed by atoms with Crippen molar-refractivity contribution in [3.63, 3.8) is 0 Å². The molecule has 0 spiro atoms. The zero-order valence-electron chi connectivity index (χ0n) is 7.71. The Kier molecular flexibility index (Phi) is 4.42. The van der Waals surface area contributed by atoms with Crippen molar-refractivity contribution in [3.8, 4) is 0 Å². The van der Waals surface area contributed by atoms with Gasteiger partial charge in [-0.05, 0) is 6.92 Å². The summed E-state index contributed by atoms with van der Waals surface area (Å²) in [6.07, 6.45) is 0. The van der Waals surface area contributed by atoms with E-state index in [2.05, 4.69) is 4.74 Å². The van der Waals surface area contributed by atoms with Crippen molar-refractivity contribution < 1.29 is 28.2 Å². The van der Waals surface area contributed by atoms with Gasteiger partial charge in [-0.25, -0.2) is 4.79 Å². The van der Waals surface area contributed by atoms with E-state index in [1.165, 1.54) is 6.92 Å². The molecule has 14 heavy (non-hydrogen) atoms. The second-order valence-corrected chi connectivity index (χ2v) is 2.64. The molecule has 7 heteroatoms. The molecule has 0 bridgehead atoms. The zero-order chi connectivity index (χ0) is 11.4. The topological polar surface area (TPSA) is 75.6 Å². The van der Waals surface area contributed by atoms with E-state index >= 15 is 0 Å². The van der Waals surface area contributed by atoms with Crippen LogP contribution < -0.4 is 5.32 Å². The van der Waals surface area contributed by atoms with Gasteiger partial charge in [0.15, 0.2) is 0 Å². The molecule has 0 saturated carbocycles. The van der Waals surface area contributed by atoms with E-state index in [1.54, 1.807) is 0 Å². The number of rotatable bonds is 5. The maximum Gasteiger partial charge on any atom is 0.375 e. The Morgan fingerprint density at radius 2 is 2.07 bits per heavy atom. The molecule has 0 saturated heterocycles. The third kappa shape index (κ3) is 3.65. The van der Waals surface area contributed by atoms with Crippen LogP contribution in [0.4, 0.5) is 8.78 Å². The lowest BCUT2D eigenvalue weighted by molar-refractivity contribution is -0.164. The molecule has 0 aromatic carbocycles. The SMILES string of the molecule is COC(=O)C(C)NCC(F)(F)C(=O)O. The molecule has 2 N–H and O–H groups in total. The van der Waals surface area contributed by atoms with Gasteiger partial charge in [-0.3, -0.25) is 10.1 Å². The molecule has 0 aliphatic heterocycles. The number of carboxylic acids is 1. The van der Waals surface area contributed by atoms with E-state index in [1.807, 2.05) is 5.32 Å². The molecule has 0 heterocycles. The Hall–Kier alpha value is -1.24. The largest absolute Gasteiger partial charge is 0.477 e. The Morgan fingerprint density at radius 1 is 1.57 bits per heavy atom. The summed E-state index contributed by atoms with van der Waals surface area (Å²) in [5.41, 5.74) is 0. The van der Waals surface area contributed by atoms with Crippen LogP contribution >= 0.6 is 0 Å². The van der Waals surface area contributed by atoms with Crippen LogP contribution in [0, 0.1) is 0 Å². The van der Waals surface area contributed by atoms with Gasteiger partial charge in [-0.2, -0.15) is 8.78 Å². The lowest BCUT2D eigenvalue weighted by atomic mass is 10.3. The third-order valence-corrected chi connectivity index (χ3v) is 1.50. The molecule has 1 unspecified atom stereocenters. The minimum absolute atomic E-state index is 0.730. The van der Waals surface area contributed by atoms with Crippen molar-refractivity contribution >= 4 is 11.9 Å². The van der Waals surface area contributed by atoms with E-state index in [4.69, 9.17) is 5.11 Å². The van der Waals surface area contributed by atoms with Crippen molar-refractivity contribution in [1.29, 1.82) is 0 Å². The number of esters is 1. The fourth-order valence-electron chi connectivity index (χ4n) is 0.617. The third-order valence-electron chi connectivity index (χ3n) is 1.50.